The van der Waals surface area contributed by atoms with E-state index in [9.17, 15) is 9.59 Å². The Hall–Kier alpha value is -2.24. The second-order valence-corrected chi connectivity index (χ2v) is 6.88. The number of carbonyl (C=O) groups excluding carboxylic acids is 2. The average molecular weight is 364 g/mol. The fourth-order valence-corrected chi connectivity index (χ4v) is 2.72. The van der Waals surface area contributed by atoms with Gasteiger partial charge in [0.1, 0.15) is 17.5 Å². The molecular formula is C20H32N2O4. The highest BCUT2D eigenvalue weighted by atomic mass is 16.5. The van der Waals surface area contributed by atoms with Crippen LogP contribution in [0.5, 0.6) is 11.5 Å². The van der Waals surface area contributed by atoms with E-state index >= 15 is 0 Å². The second kappa shape index (κ2) is 10.0. The lowest BCUT2D eigenvalue weighted by atomic mass is 10.0. The summed E-state index contributed by atoms with van der Waals surface area (Å²) >= 11 is 0. The summed E-state index contributed by atoms with van der Waals surface area (Å²) in [5, 5.41) is 2.87. The molecule has 0 heterocycles. The molecule has 6 heteroatoms. The molecule has 0 fully saturated rings. The van der Waals surface area contributed by atoms with Crippen LogP contribution in [0.1, 0.15) is 50.9 Å². The Kier molecular flexibility index (Phi) is 8.42. The molecule has 2 atom stereocenters. The number of methoxy groups -OCH3 is 2. The largest absolute Gasteiger partial charge is 0.497 e. The van der Waals surface area contributed by atoms with Gasteiger partial charge in [0.05, 0.1) is 14.2 Å². The molecule has 146 valence electrons. The highest BCUT2D eigenvalue weighted by Crippen LogP contribution is 2.23. The van der Waals surface area contributed by atoms with Gasteiger partial charge in [0.25, 0.3) is 5.91 Å². The van der Waals surface area contributed by atoms with Crippen LogP contribution in [-0.2, 0) is 4.79 Å². The monoisotopic (exact) mass is 364 g/mol. The summed E-state index contributed by atoms with van der Waals surface area (Å²) in [6.07, 6.45) is 1.93. The highest BCUT2D eigenvalue weighted by molar-refractivity contribution is 5.98. The van der Waals surface area contributed by atoms with Crippen LogP contribution in [-0.4, -0.2) is 50.1 Å². The van der Waals surface area contributed by atoms with Crippen LogP contribution in [0, 0.1) is 5.92 Å². The molecule has 1 aromatic carbocycles. The van der Waals surface area contributed by atoms with Crippen molar-refractivity contribution in [3.63, 3.8) is 0 Å². The van der Waals surface area contributed by atoms with E-state index in [1.165, 1.54) is 14.2 Å². The molecule has 26 heavy (non-hydrogen) atoms. The molecule has 0 aliphatic rings. The van der Waals surface area contributed by atoms with E-state index in [0.717, 1.165) is 12.8 Å². The van der Waals surface area contributed by atoms with Crippen LogP contribution in [0.3, 0.4) is 0 Å². The fourth-order valence-electron chi connectivity index (χ4n) is 2.72. The van der Waals surface area contributed by atoms with Gasteiger partial charge in [-0.05, 0) is 31.4 Å². The van der Waals surface area contributed by atoms with Crippen LogP contribution in [0.4, 0.5) is 0 Å². The molecule has 0 bridgehead atoms. The summed E-state index contributed by atoms with van der Waals surface area (Å²) < 4.78 is 10.4. The minimum absolute atomic E-state index is 0.0322. The van der Waals surface area contributed by atoms with Gasteiger partial charge in [0.15, 0.2) is 0 Å². The van der Waals surface area contributed by atoms with Crippen molar-refractivity contribution < 1.29 is 19.1 Å². The third-order valence-corrected chi connectivity index (χ3v) is 4.55. The number of rotatable bonds is 9. The standard InChI is InChI=1S/C20H32N2O4/c1-8-9-14(4)22(5)20(24)18(13(2)3)21-19(23)15-10-16(25-6)12-17(11-15)26-7/h10-14,18H,8-9H2,1-7H3,(H,21,23)/t14-,18-/m0/s1. The van der Waals surface area contributed by atoms with Crippen molar-refractivity contribution in [3.05, 3.63) is 23.8 Å². The summed E-state index contributed by atoms with van der Waals surface area (Å²) in [6.45, 7) is 7.96. The number of benzene rings is 1. The Morgan fingerprint density at radius 1 is 1.08 bits per heavy atom. The zero-order valence-corrected chi connectivity index (χ0v) is 17.0. The number of nitrogens with one attached hydrogen (secondary N) is 1. The summed E-state index contributed by atoms with van der Waals surface area (Å²) in [7, 11) is 4.85. The van der Waals surface area contributed by atoms with E-state index < -0.39 is 6.04 Å². The van der Waals surface area contributed by atoms with Gasteiger partial charge in [0.2, 0.25) is 5.91 Å². The Bertz CT molecular complexity index is 594. The first-order valence-electron chi connectivity index (χ1n) is 9.05. The van der Waals surface area contributed by atoms with Crippen LogP contribution in [0.2, 0.25) is 0 Å². The highest BCUT2D eigenvalue weighted by Gasteiger charge is 2.29. The smallest absolute Gasteiger partial charge is 0.252 e. The molecular weight excluding hydrogens is 332 g/mol. The predicted molar refractivity (Wildman–Crippen MR) is 103 cm³/mol. The first kappa shape index (κ1) is 21.8. The van der Waals surface area contributed by atoms with E-state index in [2.05, 4.69) is 12.2 Å². The van der Waals surface area contributed by atoms with Crippen LogP contribution < -0.4 is 14.8 Å². The first-order chi connectivity index (χ1) is 12.2. The quantitative estimate of drug-likeness (QED) is 0.731. The molecule has 0 saturated heterocycles. The van der Waals surface area contributed by atoms with Crippen molar-refractivity contribution in [1.29, 1.82) is 0 Å². The Labute approximate surface area is 156 Å². The van der Waals surface area contributed by atoms with Crippen molar-refractivity contribution >= 4 is 11.8 Å². The van der Waals surface area contributed by atoms with Gasteiger partial charge < -0.3 is 19.7 Å². The Morgan fingerprint density at radius 2 is 1.62 bits per heavy atom. The number of nitrogens with zero attached hydrogens (tertiary/aromatic N) is 1. The molecule has 1 rings (SSSR count). The zero-order chi connectivity index (χ0) is 19.9. The average Bonchev–Trinajstić information content (AvgIpc) is 2.63. The van der Waals surface area contributed by atoms with Crippen molar-refractivity contribution in [2.45, 2.75) is 52.6 Å². The lowest BCUT2D eigenvalue weighted by Crippen LogP contribution is -2.52. The number of carbonyl (C=O) groups is 2. The Morgan fingerprint density at radius 3 is 2.04 bits per heavy atom. The maximum atomic E-state index is 12.9. The lowest BCUT2D eigenvalue weighted by molar-refractivity contribution is -0.134. The topological polar surface area (TPSA) is 67.9 Å². The van der Waals surface area contributed by atoms with Gasteiger partial charge in [0, 0.05) is 24.7 Å². The maximum absolute atomic E-state index is 12.9. The fraction of sp³-hybridized carbons (Fsp3) is 0.600. The minimum Gasteiger partial charge on any atom is -0.497 e. The molecule has 0 spiro atoms. The van der Waals surface area contributed by atoms with E-state index in [-0.39, 0.29) is 23.8 Å². The molecule has 0 aliphatic heterocycles. The second-order valence-electron chi connectivity index (χ2n) is 6.88. The SMILES string of the molecule is CCC[C@H](C)N(C)C(=O)[C@@H](NC(=O)c1cc(OC)cc(OC)c1)C(C)C. The van der Waals surface area contributed by atoms with E-state index in [1.54, 1.807) is 30.1 Å². The molecule has 1 N–H and O–H groups in total. The van der Waals surface area contributed by atoms with Gasteiger partial charge in [-0.1, -0.05) is 27.2 Å². The molecule has 1 aromatic rings. The van der Waals surface area contributed by atoms with Crippen LogP contribution >= 0.6 is 0 Å². The van der Waals surface area contributed by atoms with Crippen molar-refractivity contribution in [2.75, 3.05) is 21.3 Å². The maximum Gasteiger partial charge on any atom is 0.252 e. The Balaban J connectivity index is 3.00. The molecule has 0 radical (unpaired) electrons. The molecule has 0 saturated carbocycles. The zero-order valence-electron chi connectivity index (χ0n) is 17.0. The van der Waals surface area contributed by atoms with Gasteiger partial charge in [-0.3, -0.25) is 9.59 Å². The summed E-state index contributed by atoms with van der Waals surface area (Å²) in [5.74, 6) is 0.608. The number of likely N-dealkylation sites (N-methyl/N-ethyl adjacent to an activating group) is 1. The van der Waals surface area contributed by atoms with E-state index in [4.69, 9.17) is 9.47 Å². The number of amides is 2. The van der Waals surface area contributed by atoms with Gasteiger partial charge in [-0.2, -0.15) is 0 Å². The van der Waals surface area contributed by atoms with Crippen molar-refractivity contribution in [3.8, 4) is 11.5 Å². The minimum atomic E-state index is -0.594. The third-order valence-electron chi connectivity index (χ3n) is 4.55. The van der Waals surface area contributed by atoms with Crippen molar-refractivity contribution in [1.82, 2.24) is 10.2 Å². The van der Waals surface area contributed by atoms with Gasteiger partial charge in [-0.15, -0.1) is 0 Å². The van der Waals surface area contributed by atoms with E-state index in [0.29, 0.717) is 17.1 Å². The lowest BCUT2D eigenvalue weighted by Gasteiger charge is -2.31. The van der Waals surface area contributed by atoms with Crippen LogP contribution in [0.15, 0.2) is 18.2 Å². The number of hydrogen-bond acceptors (Lipinski definition) is 4. The molecule has 0 aliphatic carbocycles. The molecule has 0 unspecified atom stereocenters. The normalized spacial score (nSPS) is 13.1. The summed E-state index contributed by atoms with van der Waals surface area (Å²) in [5.41, 5.74) is 0.393. The number of ether oxygens (including phenoxy) is 2. The van der Waals surface area contributed by atoms with Gasteiger partial charge >= 0.3 is 0 Å². The summed E-state index contributed by atoms with van der Waals surface area (Å²) in [4.78, 5) is 27.3. The molecule has 2 amide bonds. The van der Waals surface area contributed by atoms with Crippen LogP contribution in [0.25, 0.3) is 0 Å². The molecule has 0 aromatic heterocycles. The predicted octanol–water partition coefficient (Wildman–Crippen LogP) is 3.11. The number of hydrogen-bond donors (Lipinski definition) is 1. The summed E-state index contributed by atoms with van der Waals surface area (Å²) in [6, 6.07) is 4.49. The first-order valence-corrected chi connectivity index (χ1v) is 9.05. The third kappa shape index (κ3) is 5.64. The van der Waals surface area contributed by atoms with E-state index in [1.807, 2.05) is 20.8 Å². The van der Waals surface area contributed by atoms with Crippen molar-refractivity contribution in [2.24, 2.45) is 5.92 Å². The van der Waals surface area contributed by atoms with Gasteiger partial charge in [-0.25, -0.2) is 0 Å². The molecule has 6 nitrogen and oxygen atoms in total.